The summed E-state index contributed by atoms with van der Waals surface area (Å²) in [6.07, 6.45) is -2.00. The van der Waals surface area contributed by atoms with E-state index in [0.29, 0.717) is 16.8 Å². The van der Waals surface area contributed by atoms with Crippen molar-refractivity contribution in [3.63, 3.8) is 0 Å². The van der Waals surface area contributed by atoms with Crippen molar-refractivity contribution < 1.29 is 13.2 Å². The molecule has 0 unspecified atom stereocenters. The van der Waals surface area contributed by atoms with E-state index in [-0.39, 0.29) is 11.5 Å². The molecule has 0 saturated heterocycles. The number of nitrogens with one attached hydrogen (secondary N) is 3. The lowest BCUT2D eigenvalue weighted by atomic mass is 10.1. The first-order chi connectivity index (χ1) is 11.3. The number of aryl methyl sites for hydroxylation is 1. The van der Waals surface area contributed by atoms with E-state index in [2.05, 4.69) is 25.5 Å². The molecule has 3 N–H and O–H groups in total. The lowest BCUT2D eigenvalue weighted by Crippen LogP contribution is -2.10. The summed E-state index contributed by atoms with van der Waals surface area (Å²) in [6, 6.07) is 5.94. The first-order valence-electron chi connectivity index (χ1n) is 6.88. The molecule has 0 radical (unpaired) electrons. The minimum Gasteiger partial charge on any atom is -0.324 e. The van der Waals surface area contributed by atoms with E-state index < -0.39 is 11.9 Å². The Morgan fingerprint density at radius 1 is 1.21 bits per heavy atom. The van der Waals surface area contributed by atoms with Crippen LogP contribution in [0.1, 0.15) is 11.3 Å². The Kier molecular flexibility index (Phi) is 3.84. The summed E-state index contributed by atoms with van der Waals surface area (Å²) in [4.78, 5) is 18.9. The molecule has 9 heteroatoms. The monoisotopic (exact) mass is 335 g/mol. The van der Waals surface area contributed by atoms with Crippen LogP contribution >= 0.6 is 0 Å². The van der Waals surface area contributed by atoms with E-state index in [1.807, 2.05) is 6.92 Å². The number of rotatable bonds is 3. The number of benzene rings is 1. The minimum atomic E-state index is -4.55. The predicted octanol–water partition coefficient (Wildman–Crippen LogP) is 3.23. The van der Waals surface area contributed by atoms with Crippen molar-refractivity contribution in [3.05, 3.63) is 58.3 Å². The fourth-order valence-corrected chi connectivity index (χ4v) is 2.24. The van der Waals surface area contributed by atoms with Gasteiger partial charge in [-0.3, -0.25) is 9.89 Å². The van der Waals surface area contributed by atoms with Crippen LogP contribution in [0.15, 0.2) is 41.5 Å². The van der Waals surface area contributed by atoms with Crippen LogP contribution in [0, 0.1) is 6.92 Å². The third-order valence-corrected chi connectivity index (χ3v) is 3.24. The second kappa shape index (κ2) is 5.84. The number of H-pyrrole nitrogens is 2. The summed E-state index contributed by atoms with van der Waals surface area (Å²) < 4.78 is 38.1. The van der Waals surface area contributed by atoms with Crippen LogP contribution in [0.5, 0.6) is 0 Å². The van der Waals surface area contributed by atoms with Crippen LogP contribution in [0.3, 0.4) is 0 Å². The number of hydrogen-bond donors (Lipinski definition) is 3. The van der Waals surface area contributed by atoms with E-state index in [1.165, 1.54) is 6.20 Å². The van der Waals surface area contributed by atoms with Crippen LogP contribution in [0.4, 0.5) is 24.8 Å². The van der Waals surface area contributed by atoms with Crippen molar-refractivity contribution in [2.24, 2.45) is 0 Å². The van der Waals surface area contributed by atoms with Gasteiger partial charge in [-0.25, -0.2) is 9.97 Å². The minimum absolute atomic E-state index is 0.177. The van der Waals surface area contributed by atoms with Gasteiger partial charge in [0.15, 0.2) is 0 Å². The molecule has 0 aliphatic rings. The van der Waals surface area contributed by atoms with Crippen LogP contribution in [-0.4, -0.2) is 20.2 Å². The van der Waals surface area contributed by atoms with E-state index in [1.54, 1.807) is 18.2 Å². The Morgan fingerprint density at radius 3 is 2.67 bits per heavy atom. The average Bonchev–Trinajstić information content (AvgIpc) is 2.92. The summed E-state index contributed by atoms with van der Waals surface area (Å²) in [6.45, 7) is 1.81. The summed E-state index contributed by atoms with van der Waals surface area (Å²) in [7, 11) is 0. The largest absolute Gasteiger partial charge is 0.433 e. The lowest BCUT2D eigenvalue weighted by molar-refractivity contribution is -0.141. The average molecular weight is 335 g/mol. The smallest absolute Gasteiger partial charge is 0.324 e. The van der Waals surface area contributed by atoms with Crippen molar-refractivity contribution in [1.82, 2.24) is 20.2 Å². The van der Waals surface area contributed by atoms with Crippen molar-refractivity contribution >= 4 is 11.6 Å². The molecule has 0 aliphatic carbocycles. The highest BCUT2D eigenvalue weighted by atomic mass is 19.4. The van der Waals surface area contributed by atoms with Gasteiger partial charge in [-0.05, 0) is 36.2 Å². The number of anilines is 2. The summed E-state index contributed by atoms with van der Waals surface area (Å²) >= 11 is 0. The molecule has 6 nitrogen and oxygen atoms in total. The lowest BCUT2D eigenvalue weighted by Gasteiger charge is -2.10. The van der Waals surface area contributed by atoms with Gasteiger partial charge in [0.25, 0.3) is 5.56 Å². The molecular weight excluding hydrogens is 323 g/mol. The van der Waals surface area contributed by atoms with Crippen molar-refractivity contribution in [2.45, 2.75) is 13.1 Å². The third-order valence-electron chi connectivity index (χ3n) is 3.24. The molecule has 24 heavy (non-hydrogen) atoms. The molecule has 2 aromatic heterocycles. The van der Waals surface area contributed by atoms with Crippen molar-refractivity contribution in [2.75, 3.05) is 5.32 Å². The van der Waals surface area contributed by atoms with E-state index in [0.717, 1.165) is 17.8 Å². The molecule has 124 valence electrons. The van der Waals surface area contributed by atoms with Gasteiger partial charge in [0, 0.05) is 18.1 Å². The summed E-state index contributed by atoms with van der Waals surface area (Å²) in [5, 5.41) is 7.77. The standard InChI is InChI=1S/C15H12F3N5O/c1-8-4-9(11-7-20-23-13(11)24)6-10(5-8)21-14-19-3-2-12(22-14)15(16,17)18/h2-7H,1H3,(H,19,21,22)(H2,20,23,24). The second-order valence-electron chi connectivity index (χ2n) is 5.13. The molecule has 0 bridgehead atoms. The second-order valence-corrected chi connectivity index (χ2v) is 5.13. The highest BCUT2D eigenvalue weighted by Crippen LogP contribution is 2.28. The molecule has 3 aromatic rings. The number of aromatic amines is 2. The molecular formula is C15H12F3N5O. The molecule has 1 aromatic carbocycles. The first-order valence-corrected chi connectivity index (χ1v) is 6.88. The summed E-state index contributed by atoms with van der Waals surface area (Å²) in [5.41, 5.74) is 1.02. The number of alkyl halides is 3. The Morgan fingerprint density at radius 2 is 2.00 bits per heavy atom. The third kappa shape index (κ3) is 3.29. The number of halogens is 3. The Bertz CT molecular complexity index is 929. The van der Waals surface area contributed by atoms with E-state index in [4.69, 9.17) is 0 Å². The Balaban J connectivity index is 1.95. The van der Waals surface area contributed by atoms with Gasteiger partial charge in [-0.2, -0.15) is 13.2 Å². The summed E-state index contributed by atoms with van der Waals surface area (Å²) in [5.74, 6) is -0.177. The Hall–Kier alpha value is -3.10. The van der Waals surface area contributed by atoms with Crippen LogP contribution in [0.25, 0.3) is 11.1 Å². The number of hydrogen-bond acceptors (Lipinski definition) is 4. The molecule has 0 aliphatic heterocycles. The van der Waals surface area contributed by atoms with Gasteiger partial charge in [0.05, 0.1) is 5.56 Å². The fraction of sp³-hybridized carbons (Fsp3) is 0.133. The van der Waals surface area contributed by atoms with Gasteiger partial charge in [0.2, 0.25) is 5.95 Å². The van der Waals surface area contributed by atoms with Crippen molar-refractivity contribution in [1.29, 1.82) is 0 Å². The number of aromatic nitrogens is 4. The van der Waals surface area contributed by atoms with Gasteiger partial charge >= 0.3 is 6.18 Å². The van der Waals surface area contributed by atoms with Crippen LogP contribution < -0.4 is 10.9 Å². The van der Waals surface area contributed by atoms with E-state index in [9.17, 15) is 18.0 Å². The van der Waals surface area contributed by atoms with Gasteiger partial charge in [0.1, 0.15) is 5.69 Å². The van der Waals surface area contributed by atoms with Crippen LogP contribution in [0.2, 0.25) is 0 Å². The molecule has 0 spiro atoms. The zero-order chi connectivity index (χ0) is 17.3. The zero-order valence-corrected chi connectivity index (χ0v) is 12.4. The molecule has 0 fully saturated rings. The molecule has 2 heterocycles. The Labute approximate surface area is 133 Å². The van der Waals surface area contributed by atoms with Gasteiger partial charge in [-0.15, -0.1) is 0 Å². The van der Waals surface area contributed by atoms with Gasteiger partial charge < -0.3 is 10.4 Å². The maximum atomic E-state index is 12.7. The normalized spacial score (nSPS) is 11.5. The van der Waals surface area contributed by atoms with Gasteiger partial charge in [-0.1, -0.05) is 6.07 Å². The predicted molar refractivity (Wildman–Crippen MR) is 81.9 cm³/mol. The topological polar surface area (TPSA) is 86.5 Å². The first kappa shape index (κ1) is 15.8. The van der Waals surface area contributed by atoms with Crippen LogP contribution in [-0.2, 0) is 6.18 Å². The molecule has 0 atom stereocenters. The highest BCUT2D eigenvalue weighted by molar-refractivity contribution is 5.69. The van der Waals surface area contributed by atoms with Crippen molar-refractivity contribution in [3.8, 4) is 11.1 Å². The highest BCUT2D eigenvalue weighted by Gasteiger charge is 2.32. The maximum Gasteiger partial charge on any atom is 0.433 e. The molecule has 0 amide bonds. The number of nitrogens with zero attached hydrogens (tertiary/aromatic N) is 2. The SMILES string of the molecule is Cc1cc(Nc2nccc(C(F)(F)F)n2)cc(-c2c[nH][nH]c2=O)c1. The maximum absolute atomic E-state index is 12.7. The fourth-order valence-electron chi connectivity index (χ4n) is 2.24. The molecule has 0 saturated carbocycles. The quantitative estimate of drug-likeness (QED) is 0.686. The molecule has 3 rings (SSSR count). The zero-order valence-electron chi connectivity index (χ0n) is 12.4. The van der Waals surface area contributed by atoms with E-state index >= 15 is 0 Å².